The number of benzene rings is 1. The summed E-state index contributed by atoms with van der Waals surface area (Å²) in [5, 5.41) is 14.2. The molecule has 0 saturated heterocycles. The normalized spacial score (nSPS) is 12.6. The molecule has 0 fully saturated rings. The number of ether oxygens (including phenoxy) is 3. The van der Waals surface area contributed by atoms with E-state index in [1.807, 2.05) is 41.1 Å². The van der Waals surface area contributed by atoms with Crippen LogP contribution in [0.3, 0.4) is 0 Å². The van der Waals surface area contributed by atoms with E-state index >= 15 is 0 Å². The Bertz CT molecular complexity index is 894. The monoisotopic (exact) mass is 355 g/mol. The fourth-order valence-corrected chi connectivity index (χ4v) is 4.00. The van der Waals surface area contributed by atoms with Gasteiger partial charge in [0.25, 0.3) is 0 Å². The molecule has 24 heavy (non-hydrogen) atoms. The minimum Gasteiger partial charge on any atom is -0.486 e. The molecular weight excluding hydrogens is 342 g/mol. The van der Waals surface area contributed by atoms with Crippen LogP contribution in [0.15, 0.2) is 41.1 Å². The lowest BCUT2D eigenvalue weighted by Crippen LogP contribution is -2.15. The average molecular weight is 355 g/mol. The zero-order valence-corrected chi connectivity index (χ0v) is 14.3. The van der Waals surface area contributed by atoms with Crippen LogP contribution in [0, 0.1) is 11.3 Å². The standard InChI is InChI=1S/C18H13NO3S2/c19-9-14-15(11-24-18(14)22-10-13-2-1-7-23-13)12-3-4-16-17(8-12)21-6-5-20-16/h1-4,7-8,11H,5-6,10H2. The maximum absolute atomic E-state index is 9.57. The van der Waals surface area contributed by atoms with Gasteiger partial charge in [-0.3, -0.25) is 0 Å². The van der Waals surface area contributed by atoms with Gasteiger partial charge in [-0.1, -0.05) is 12.1 Å². The minimum atomic E-state index is 0.480. The summed E-state index contributed by atoms with van der Waals surface area (Å²) < 4.78 is 17.0. The Kier molecular flexibility index (Phi) is 4.11. The Morgan fingerprint density at radius 3 is 2.79 bits per heavy atom. The van der Waals surface area contributed by atoms with Crippen molar-refractivity contribution in [3.63, 3.8) is 0 Å². The van der Waals surface area contributed by atoms with Gasteiger partial charge in [-0.25, -0.2) is 0 Å². The lowest BCUT2D eigenvalue weighted by molar-refractivity contribution is 0.171. The van der Waals surface area contributed by atoms with Crippen LogP contribution in [0.5, 0.6) is 16.6 Å². The summed E-state index contributed by atoms with van der Waals surface area (Å²) in [6.45, 7) is 1.59. The average Bonchev–Trinajstić information content (AvgIpc) is 3.28. The summed E-state index contributed by atoms with van der Waals surface area (Å²) in [7, 11) is 0. The Hall–Kier alpha value is -2.49. The van der Waals surface area contributed by atoms with Gasteiger partial charge >= 0.3 is 0 Å². The van der Waals surface area contributed by atoms with Crippen molar-refractivity contribution in [3.05, 3.63) is 51.5 Å². The van der Waals surface area contributed by atoms with Gasteiger partial charge in [-0.05, 0) is 29.1 Å². The van der Waals surface area contributed by atoms with E-state index in [1.54, 1.807) is 11.3 Å². The number of hydrogen-bond donors (Lipinski definition) is 0. The molecule has 0 saturated carbocycles. The van der Waals surface area contributed by atoms with Crippen LogP contribution in [0.4, 0.5) is 0 Å². The third-order valence-electron chi connectivity index (χ3n) is 3.65. The summed E-state index contributed by atoms with van der Waals surface area (Å²) in [6.07, 6.45) is 0. The van der Waals surface area contributed by atoms with Crippen LogP contribution >= 0.6 is 22.7 Å². The van der Waals surface area contributed by atoms with Crippen molar-refractivity contribution in [3.8, 4) is 33.8 Å². The fourth-order valence-electron chi connectivity index (χ4n) is 2.51. The van der Waals surface area contributed by atoms with Crippen molar-refractivity contribution in [2.75, 3.05) is 13.2 Å². The molecule has 4 rings (SSSR count). The first kappa shape index (κ1) is 15.1. The van der Waals surface area contributed by atoms with Gasteiger partial charge in [0.2, 0.25) is 0 Å². The van der Waals surface area contributed by atoms with E-state index in [0.717, 1.165) is 27.5 Å². The minimum absolute atomic E-state index is 0.480. The van der Waals surface area contributed by atoms with Gasteiger partial charge < -0.3 is 14.2 Å². The molecule has 1 aromatic carbocycles. The molecule has 0 amide bonds. The van der Waals surface area contributed by atoms with Crippen LogP contribution in [-0.4, -0.2) is 13.2 Å². The Labute approximate surface area is 147 Å². The number of fused-ring (bicyclic) bond motifs is 1. The first-order valence-electron chi connectivity index (χ1n) is 7.42. The van der Waals surface area contributed by atoms with Crippen LogP contribution < -0.4 is 14.2 Å². The first-order valence-corrected chi connectivity index (χ1v) is 9.18. The number of nitrogens with zero attached hydrogens (tertiary/aromatic N) is 1. The van der Waals surface area contributed by atoms with E-state index in [1.165, 1.54) is 11.3 Å². The second-order valence-electron chi connectivity index (χ2n) is 5.15. The molecule has 0 bridgehead atoms. The molecule has 0 spiro atoms. The van der Waals surface area contributed by atoms with E-state index in [0.29, 0.717) is 30.4 Å². The van der Waals surface area contributed by atoms with Crippen LogP contribution in [0.1, 0.15) is 10.4 Å². The van der Waals surface area contributed by atoms with E-state index in [-0.39, 0.29) is 0 Å². The lowest BCUT2D eigenvalue weighted by atomic mass is 10.0. The zero-order chi connectivity index (χ0) is 16.4. The van der Waals surface area contributed by atoms with Crippen molar-refractivity contribution < 1.29 is 14.2 Å². The Morgan fingerprint density at radius 2 is 2.00 bits per heavy atom. The van der Waals surface area contributed by atoms with Crippen molar-refractivity contribution in [2.45, 2.75) is 6.61 Å². The maximum atomic E-state index is 9.57. The number of rotatable bonds is 4. The van der Waals surface area contributed by atoms with Crippen molar-refractivity contribution in [1.29, 1.82) is 5.26 Å². The molecule has 4 nitrogen and oxygen atoms in total. The first-order chi connectivity index (χ1) is 11.8. The SMILES string of the molecule is N#Cc1c(-c2ccc3c(c2)OCCO3)csc1OCc1cccs1. The van der Waals surface area contributed by atoms with Crippen LogP contribution in [0.2, 0.25) is 0 Å². The highest BCUT2D eigenvalue weighted by molar-refractivity contribution is 7.12. The van der Waals surface area contributed by atoms with Gasteiger partial charge in [0.1, 0.15) is 31.5 Å². The van der Waals surface area contributed by atoms with Gasteiger partial charge in [-0.15, -0.1) is 22.7 Å². The Balaban J connectivity index is 1.63. The van der Waals surface area contributed by atoms with E-state index in [2.05, 4.69) is 6.07 Å². The largest absolute Gasteiger partial charge is 0.486 e. The predicted octanol–water partition coefficient (Wildman–Crippen LogP) is 4.70. The highest BCUT2D eigenvalue weighted by atomic mass is 32.1. The molecule has 6 heteroatoms. The van der Waals surface area contributed by atoms with Gasteiger partial charge in [0.15, 0.2) is 16.6 Å². The summed E-state index contributed by atoms with van der Waals surface area (Å²) >= 11 is 3.08. The molecule has 0 unspecified atom stereocenters. The molecule has 3 heterocycles. The molecule has 120 valence electrons. The fraction of sp³-hybridized carbons (Fsp3) is 0.167. The molecule has 2 aromatic heterocycles. The van der Waals surface area contributed by atoms with Crippen molar-refractivity contribution in [2.24, 2.45) is 0 Å². The Morgan fingerprint density at radius 1 is 1.12 bits per heavy atom. The second kappa shape index (κ2) is 6.56. The second-order valence-corrected chi connectivity index (χ2v) is 7.02. The molecular formula is C18H13NO3S2. The van der Waals surface area contributed by atoms with Crippen LogP contribution in [0.25, 0.3) is 11.1 Å². The zero-order valence-electron chi connectivity index (χ0n) is 12.7. The highest BCUT2D eigenvalue weighted by Gasteiger charge is 2.18. The van der Waals surface area contributed by atoms with E-state index in [9.17, 15) is 5.26 Å². The van der Waals surface area contributed by atoms with E-state index < -0.39 is 0 Å². The summed E-state index contributed by atoms with van der Waals surface area (Å²) in [5.74, 6) is 1.46. The third-order valence-corrected chi connectivity index (χ3v) is 5.39. The summed E-state index contributed by atoms with van der Waals surface area (Å²) in [5.41, 5.74) is 2.35. The van der Waals surface area contributed by atoms with Gasteiger partial charge in [0, 0.05) is 15.8 Å². The maximum Gasteiger partial charge on any atom is 0.192 e. The summed E-state index contributed by atoms with van der Waals surface area (Å²) in [4.78, 5) is 1.13. The molecule has 0 N–H and O–H groups in total. The third kappa shape index (κ3) is 2.84. The highest BCUT2D eigenvalue weighted by Crippen LogP contribution is 2.40. The lowest BCUT2D eigenvalue weighted by Gasteiger charge is -2.18. The van der Waals surface area contributed by atoms with E-state index in [4.69, 9.17) is 14.2 Å². The topological polar surface area (TPSA) is 51.5 Å². The number of thiophene rings is 2. The molecule has 0 atom stereocenters. The van der Waals surface area contributed by atoms with Gasteiger partial charge in [0.05, 0.1) is 0 Å². The smallest absolute Gasteiger partial charge is 0.192 e. The van der Waals surface area contributed by atoms with Crippen LogP contribution in [-0.2, 0) is 6.61 Å². The molecule has 0 radical (unpaired) electrons. The quantitative estimate of drug-likeness (QED) is 0.681. The molecule has 1 aliphatic heterocycles. The van der Waals surface area contributed by atoms with Gasteiger partial charge in [-0.2, -0.15) is 5.26 Å². The molecule has 3 aromatic rings. The number of hydrogen-bond acceptors (Lipinski definition) is 6. The predicted molar refractivity (Wildman–Crippen MR) is 94.1 cm³/mol. The van der Waals surface area contributed by atoms with Crippen molar-refractivity contribution in [1.82, 2.24) is 0 Å². The van der Waals surface area contributed by atoms with Crippen molar-refractivity contribution >= 4 is 22.7 Å². The summed E-state index contributed by atoms with van der Waals surface area (Å²) in [6, 6.07) is 12.0. The number of nitriles is 1. The molecule has 1 aliphatic rings. The molecule has 0 aliphatic carbocycles.